The van der Waals surface area contributed by atoms with Crippen LogP contribution in [0.4, 0.5) is 10.1 Å². The number of amides is 1. The first kappa shape index (κ1) is 21.7. The molecule has 0 aliphatic carbocycles. The quantitative estimate of drug-likeness (QED) is 0.641. The van der Waals surface area contributed by atoms with Crippen LogP contribution in [0.5, 0.6) is 0 Å². The fourth-order valence-electron chi connectivity index (χ4n) is 3.41. The van der Waals surface area contributed by atoms with Crippen molar-refractivity contribution in [2.75, 3.05) is 32.5 Å². The number of benzene rings is 1. The summed E-state index contributed by atoms with van der Waals surface area (Å²) < 4.78 is 14.7. The van der Waals surface area contributed by atoms with Gasteiger partial charge in [0.1, 0.15) is 18.0 Å². The Morgan fingerprint density at radius 2 is 2.20 bits per heavy atom. The van der Waals surface area contributed by atoms with Gasteiger partial charge in [0.2, 0.25) is 0 Å². The van der Waals surface area contributed by atoms with Gasteiger partial charge in [0.05, 0.1) is 23.1 Å². The number of aromatic nitrogens is 1. The molecule has 1 aliphatic rings. The van der Waals surface area contributed by atoms with Crippen molar-refractivity contribution in [3.8, 4) is 17.3 Å². The lowest BCUT2D eigenvalue weighted by Gasteiger charge is -2.19. The zero-order valence-corrected chi connectivity index (χ0v) is 17.2. The Kier molecular flexibility index (Phi) is 6.98. The predicted molar refractivity (Wildman–Crippen MR) is 112 cm³/mol. The van der Waals surface area contributed by atoms with Crippen molar-refractivity contribution in [2.24, 2.45) is 0 Å². The molecule has 7 nitrogen and oxygen atoms in total. The first-order valence-corrected chi connectivity index (χ1v) is 9.92. The van der Waals surface area contributed by atoms with Gasteiger partial charge in [0, 0.05) is 25.1 Å². The summed E-state index contributed by atoms with van der Waals surface area (Å²) in [4.78, 5) is 18.3. The van der Waals surface area contributed by atoms with Crippen LogP contribution in [0.3, 0.4) is 0 Å². The Morgan fingerprint density at radius 1 is 1.40 bits per heavy atom. The average molecular weight is 411 g/mol. The standard InChI is InChI=1S/C22H26FN5O2/c1-28(2)13-21(29)22(30)26-16(12-24)10-14-5-6-15(11-17(14)23)18-7-8-19-20(27-18)4-3-9-25-19/h5-8,11,16,21,25,29H,3-4,9-10,13H2,1-2H3,(H,26,30)/t16-,21-/m0/s1. The lowest BCUT2D eigenvalue weighted by Crippen LogP contribution is -2.45. The highest BCUT2D eigenvalue weighted by Gasteiger charge is 2.21. The lowest BCUT2D eigenvalue weighted by molar-refractivity contribution is -0.130. The van der Waals surface area contributed by atoms with Crippen molar-refractivity contribution >= 4 is 11.6 Å². The molecule has 1 aliphatic heterocycles. The number of aliphatic hydroxyl groups excluding tert-OH is 1. The second-order valence-electron chi connectivity index (χ2n) is 7.70. The molecule has 3 N–H and O–H groups in total. The molecule has 2 heterocycles. The summed E-state index contributed by atoms with van der Waals surface area (Å²) in [5.74, 6) is -1.12. The highest BCUT2D eigenvalue weighted by Crippen LogP contribution is 2.26. The van der Waals surface area contributed by atoms with Crippen LogP contribution in [0, 0.1) is 17.1 Å². The van der Waals surface area contributed by atoms with Gasteiger partial charge < -0.3 is 20.6 Å². The third-order valence-electron chi connectivity index (χ3n) is 4.97. The Labute approximate surface area is 175 Å². The summed E-state index contributed by atoms with van der Waals surface area (Å²) in [6.07, 6.45) is 0.652. The number of rotatable bonds is 7. The Hall–Kier alpha value is -3.02. The van der Waals surface area contributed by atoms with Crippen molar-refractivity contribution in [1.82, 2.24) is 15.2 Å². The summed E-state index contributed by atoms with van der Waals surface area (Å²) in [5, 5.41) is 25.0. The van der Waals surface area contributed by atoms with E-state index in [4.69, 9.17) is 0 Å². The van der Waals surface area contributed by atoms with E-state index in [0.717, 1.165) is 30.8 Å². The predicted octanol–water partition coefficient (Wildman–Crippen LogP) is 1.72. The second kappa shape index (κ2) is 9.65. The van der Waals surface area contributed by atoms with Crippen LogP contribution >= 0.6 is 0 Å². The smallest absolute Gasteiger partial charge is 0.251 e. The van der Waals surface area contributed by atoms with E-state index in [2.05, 4.69) is 15.6 Å². The average Bonchev–Trinajstić information content (AvgIpc) is 2.73. The SMILES string of the molecule is CN(C)C[C@H](O)C(=O)N[C@H](C#N)Cc1ccc(-c2ccc3c(n2)CCCN3)cc1F. The number of likely N-dealkylation sites (N-methyl/N-ethyl adjacent to an activating group) is 1. The summed E-state index contributed by atoms with van der Waals surface area (Å²) >= 11 is 0. The van der Waals surface area contributed by atoms with Gasteiger partial charge in [-0.15, -0.1) is 0 Å². The first-order valence-electron chi connectivity index (χ1n) is 9.92. The van der Waals surface area contributed by atoms with Crippen LogP contribution in [0.1, 0.15) is 17.7 Å². The molecule has 0 spiro atoms. The molecule has 2 aromatic rings. The molecular weight excluding hydrogens is 385 g/mol. The third-order valence-corrected chi connectivity index (χ3v) is 4.97. The number of aryl methyl sites for hydroxylation is 1. The zero-order chi connectivity index (χ0) is 21.7. The molecule has 0 saturated carbocycles. The normalized spacial score (nSPS) is 14.9. The fraction of sp³-hybridized carbons (Fsp3) is 0.409. The van der Waals surface area contributed by atoms with Crippen LogP contribution in [-0.4, -0.2) is 60.2 Å². The van der Waals surface area contributed by atoms with Gasteiger partial charge in [0.15, 0.2) is 0 Å². The van der Waals surface area contributed by atoms with Gasteiger partial charge in [-0.25, -0.2) is 4.39 Å². The van der Waals surface area contributed by atoms with Crippen LogP contribution < -0.4 is 10.6 Å². The highest BCUT2D eigenvalue weighted by atomic mass is 19.1. The lowest BCUT2D eigenvalue weighted by atomic mass is 10.0. The van der Waals surface area contributed by atoms with E-state index >= 15 is 0 Å². The van der Waals surface area contributed by atoms with Gasteiger partial charge in [-0.05, 0) is 50.7 Å². The minimum absolute atomic E-state index is 0.00454. The molecule has 0 bridgehead atoms. The second-order valence-corrected chi connectivity index (χ2v) is 7.70. The van der Waals surface area contributed by atoms with Crippen molar-refractivity contribution < 1.29 is 14.3 Å². The number of nitrogens with zero attached hydrogens (tertiary/aromatic N) is 3. The largest absolute Gasteiger partial charge is 0.384 e. The van der Waals surface area contributed by atoms with Crippen molar-refractivity contribution in [3.63, 3.8) is 0 Å². The van der Waals surface area contributed by atoms with E-state index in [1.807, 2.05) is 18.2 Å². The number of hydrogen-bond donors (Lipinski definition) is 3. The molecule has 0 unspecified atom stereocenters. The van der Waals surface area contributed by atoms with Gasteiger partial charge in [-0.2, -0.15) is 5.26 Å². The number of nitrogens with one attached hydrogen (secondary N) is 2. The highest BCUT2D eigenvalue weighted by molar-refractivity contribution is 5.81. The van der Waals surface area contributed by atoms with E-state index in [9.17, 15) is 19.6 Å². The Bertz CT molecular complexity index is 957. The molecular formula is C22H26FN5O2. The number of pyridine rings is 1. The first-order chi connectivity index (χ1) is 14.4. The molecule has 158 valence electrons. The van der Waals surface area contributed by atoms with Crippen molar-refractivity contribution in [2.45, 2.75) is 31.4 Å². The topological polar surface area (TPSA) is 101 Å². The van der Waals surface area contributed by atoms with Gasteiger partial charge in [0.25, 0.3) is 5.91 Å². The zero-order valence-electron chi connectivity index (χ0n) is 17.2. The molecule has 30 heavy (non-hydrogen) atoms. The number of fused-ring (bicyclic) bond motifs is 1. The number of nitriles is 1. The van der Waals surface area contributed by atoms with Gasteiger partial charge >= 0.3 is 0 Å². The maximum atomic E-state index is 14.7. The summed E-state index contributed by atoms with van der Waals surface area (Å²) in [6.45, 7) is 1.07. The third kappa shape index (κ3) is 5.32. The van der Waals surface area contributed by atoms with Crippen LogP contribution in [0.15, 0.2) is 30.3 Å². The minimum Gasteiger partial charge on any atom is -0.384 e. The van der Waals surface area contributed by atoms with Crippen molar-refractivity contribution in [1.29, 1.82) is 5.26 Å². The molecule has 1 aromatic heterocycles. The van der Waals surface area contributed by atoms with Crippen LogP contribution in [0.2, 0.25) is 0 Å². The number of hydrogen-bond acceptors (Lipinski definition) is 6. The summed E-state index contributed by atoms with van der Waals surface area (Å²) in [7, 11) is 3.45. The molecule has 1 amide bonds. The Balaban J connectivity index is 1.70. The van der Waals surface area contributed by atoms with E-state index in [1.54, 1.807) is 31.1 Å². The molecule has 0 radical (unpaired) electrons. The van der Waals surface area contributed by atoms with E-state index in [1.165, 1.54) is 6.07 Å². The molecule has 3 rings (SSSR count). The van der Waals surface area contributed by atoms with Gasteiger partial charge in [-0.1, -0.05) is 12.1 Å². The monoisotopic (exact) mass is 411 g/mol. The molecule has 8 heteroatoms. The van der Waals surface area contributed by atoms with Gasteiger partial charge in [-0.3, -0.25) is 9.78 Å². The molecule has 0 fully saturated rings. The fourth-order valence-corrected chi connectivity index (χ4v) is 3.41. The van der Waals surface area contributed by atoms with E-state index < -0.39 is 23.9 Å². The number of carbonyl (C=O) groups excluding carboxylic acids is 1. The van der Waals surface area contributed by atoms with Crippen molar-refractivity contribution in [3.05, 3.63) is 47.4 Å². The number of halogens is 1. The van der Waals surface area contributed by atoms with E-state index in [0.29, 0.717) is 16.8 Å². The van der Waals surface area contributed by atoms with Crippen LogP contribution in [0.25, 0.3) is 11.3 Å². The molecule has 1 aromatic carbocycles. The maximum absolute atomic E-state index is 14.7. The van der Waals surface area contributed by atoms with Crippen LogP contribution in [-0.2, 0) is 17.6 Å². The number of anilines is 1. The number of carbonyl (C=O) groups is 1. The number of aliphatic hydroxyl groups is 1. The molecule has 0 saturated heterocycles. The maximum Gasteiger partial charge on any atom is 0.251 e. The summed E-state index contributed by atoms with van der Waals surface area (Å²) in [6, 6.07) is 9.60. The Morgan fingerprint density at radius 3 is 2.90 bits per heavy atom. The summed E-state index contributed by atoms with van der Waals surface area (Å²) in [5.41, 5.74) is 3.66. The minimum atomic E-state index is -1.26. The molecule has 2 atom stereocenters. The van der Waals surface area contributed by atoms with E-state index in [-0.39, 0.29) is 13.0 Å².